The first-order chi connectivity index (χ1) is 12.1. The molecule has 6 nitrogen and oxygen atoms in total. The number of rotatable bonds is 2. The van der Waals surface area contributed by atoms with E-state index in [4.69, 9.17) is 9.15 Å². The first-order valence-corrected chi connectivity index (χ1v) is 8.62. The first kappa shape index (κ1) is 16.0. The lowest BCUT2D eigenvalue weighted by Gasteiger charge is -2.26. The minimum atomic E-state index is -0.370. The molecule has 1 amide bonds. The third-order valence-corrected chi connectivity index (χ3v) is 5.14. The standard InChI is InChI=1S/C18H15BrN2O4/c1-24-16-9-25-15(7-14(16)22)18(23)21-6-5-13-11(8-21)10-3-2-4-12(19)17(10)20-13/h2-4,7,9,20H,5-6,8H2,1H3. The molecule has 0 saturated carbocycles. The summed E-state index contributed by atoms with van der Waals surface area (Å²) in [5.74, 6) is -0.191. The maximum atomic E-state index is 12.7. The van der Waals surface area contributed by atoms with Crippen molar-refractivity contribution >= 4 is 32.7 Å². The number of fused-ring (bicyclic) bond motifs is 3. The summed E-state index contributed by atoms with van der Waals surface area (Å²) in [7, 11) is 1.38. The summed E-state index contributed by atoms with van der Waals surface area (Å²) in [4.78, 5) is 29.7. The predicted molar refractivity (Wildman–Crippen MR) is 96.0 cm³/mol. The van der Waals surface area contributed by atoms with Gasteiger partial charge in [-0.3, -0.25) is 9.59 Å². The van der Waals surface area contributed by atoms with Crippen LogP contribution in [0.1, 0.15) is 21.8 Å². The van der Waals surface area contributed by atoms with Crippen LogP contribution < -0.4 is 10.2 Å². The summed E-state index contributed by atoms with van der Waals surface area (Å²) in [5, 5.41) is 1.10. The van der Waals surface area contributed by atoms with Crippen LogP contribution >= 0.6 is 15.9 Å². The highest BCUT2D eigenvalue weighted by Gasteiger charge is 2.26. The smallest absolute Gasteiger partial charge is 0.290 e. The Balaban J connectivity index is 1.67. The zero-order valence-electron chi connectivity index (χ0n) is 13.5. The lowest BCUT2D eigenvalue weighted by atomic mass is 10.0. The fourth-order valence-electron chi connectivity index (χ4n) is 3.19. The molecule has 25 heavy (non-hydrogen) atoms. The molecule has 0 atom stereocenters. The van der Waals surface area contributed by atoms with E-state index in [2.05, 4.69) is 20.9 Å². The quantitative estimate of drug-likeness (QED) is 0.714. The molecule has 0 saturated heterocycles. The Morgan fingerprint density at radius 2 is 2.24 bits per heavy atom. The topological polar surface area (TPSA) is 75.5 Å². The van der Waals surface area contributed by atoms with E-state index in [0.717, 1.165) is 33.1 Å². The summed E-state index contributed by atoms with van der Waals surface area (Å²) in [5.41, 5.74) is 2.91. The number of amides is 1. The molecule has 1 N–H and O–H groups in total. The second-order valence-electron chi connectivity index (χ2n) is 5.90. The third-order valence-electron chi connectivity index (χ3n) is 4.48. The fourth-order valence-corrected chi connectivity index (χ4v) is 3.66. The molecule has 1 aromatic carbocycles. The summed E-state index contributed by atoms with van der Waals surface area (Å²) in [6.45, 7) is 1.03. The summed E-state index contributed by atoms with van der Waals surface area (Å²) in [6, 6.07) is 7.18. The monoisotopic (exact) mass is 402 g/mol. The highest BCUT2D eigenvalue weighted by atomic mass is 79.9. The number of benzene rings is 1. The Bertz CT molecular complexity index is 1040. The van der Waals surface area contributed by atoms with Gasteiger partial charge in [-0.1, -0.05) is 12.1 Å². The number of carbonyl (C=O) groups is 1. The van der Waals surface area contributed by atoms with E-state index in [-0.39, 0.29) is 22.8 Å². The van der Waals surface area contributed by atoms with Crippen molar-refractivity contribution in [3.63, 3.8) is 0 Å². The van der Waals surface area contributed by atoms with Crippen LogP contribution in [-0.2, 0) is 13.0 Å². The number of hydrogen-bond acceptors (Lipinski definition) is 4. The number of hydrogen-bond donors (Lipinski definition) is 1. The van der Waals surface area contributed by atoms with Crippen molar-refractivity contribution in [2.75, 3.05) is 13.7 Å². The van der Waals surface area contributed by atoms with Crippen LogP contribution in [0.5, 0.6) is 5.75 Å². The van der Waals surface area contributed by atoms with E-state index in [9.17, 15) is 9.59 Å². The second kappa shape index (κ2) is 6.07. The van der Waals surface area contributed by atoms with Crippen molar-refractivity contribution in [1.82, 2.24) is 9.88 Å². The average Bonchev–Trinajstić information content (AvgIpc) is 3.00. The molecule has 0 aliphatic carbocycles. The zero-order valence-corrected chi connectivity index (χ0v) is 15.1. The van der Waals surface area contributed by atoms with Crippen LogP contribution in [0, 0.1) is 0 Å². The molecular weight excluding hydrogens is 388 g/mol. The van der Waals surface area contributed by atoms with Gasteiger partial charge in [0.25, 0.3) is 5.91 Å². The molecule has 0 bridgehead atoms. The number of nitrogens with zero attached hydrogens (tertiary/aromatic N) is 1. The average molecular weight is 403 g/mol. The number of methoxy groups -OCH3 is 1. The summed E-state index contributed by atoms with van der Waals surface area (Å²) in [6.07, 6.45) is 1.90. The van der Waals surface area contributed by atoms with Crippen LogP contribution in [0.4, 0.5) is 0 Å². The number of ether oxygens (including phenoxy) is 1. The van der Waals surface area contributed by atoms with Gasteiger partial charge in [-0.15, -0.1) is 0 Å². The minimum absolute atomic E-state index is 0.0234. The van der Waals surface area contributed by atoms with Crippen LogP contribution in [-0.4, -0.2) is 29.4 Å². The highest BCUT2D eigenvalue weighted by Crippen LogP contribution is 2.32. The van der Waals surface area contributed by atoms with Gasteiger partial charge < -0.3 is 19.0 Å². The van der Waals surface area contributed by atoms with E-state index in [1.54, 1.807) is 4.90 Å². The molecule has 1 aliphatic heterocycles. The molecule has 3 aromatic rings. The number of para-hydroxylation sites is 1. The van der Waals surface area contributed by atoms with Crippen molar-refractivity contribution in [1.29, 1.82) is 0 Å². The van der Waals surface area contributed by atoms with E-state index in [0.29, 0.717) is 13.1 Å². The molecule has 3 heterocycles. The molecule has 2 aromatic heterocycles. The summed E-state index contributed by atoms with van der Waals surface area (Å²) < 4.78 is 11.2. The molecule has 7 heteroatoms. The molecule has 0 radical (unpaired) electrons. The van der Waals surface area contributed by atoms with Crippen LogP contribution in [0.25, 0.3) is 10.9 Å². The maximum absolute atomic E-state index is 12.7. The molecular formula is C18H15BrN2O4. The van der Waals surface area contributed by atoms with Crippen molar-refractivity contribution in [3.8, 4) is 5.75 Å². The molecule has 0 unspecified atom stereocenters. The number of aromatic nitrogens is 1. The highest BCUT2D eigenvalue weighted by molar-refractivity contribution is 9.10. The fraction of sp³-hybridized carbons (Fsp3) is 0.222. The van der Waals surface area contributed by atoms with Gasteiger partial charge in [0, 0.05) is 46.7 Å². The molecule has 0 fully saturated rings. The number of aromatic amines is 1. The van der Waals surface area contributed by atoms with E-state index >= 15 is 0 Å². The van der Waals surface area contributed by atoms with Gasteiger partial charge in [-0.25, -0.2) is 0 Å². The number of H-pyrrole nitrogens is 1. The van der Waals surface area contributed by atoms with Crippen LogP contribution in [0.15, 0.2) is 44.2 Å². The van der Waals surface area contributed by atoms with E-state index in [1.807, 2.05) is 18.2 Å². The summed E-state index contributed by atoms with van der Waals surface area (Å²) >= 11 is 3.55. The van der Waals surface area contributed by atoms with Gasteiger partial charge in [0.05, 0.1) is 12.6 Å². The predicted octanol–water partition coefficient (Wildman–Crippen LogP) is 3.09. The molecule has 128 valence electrons. The minimum Gasteiger partial charge on any atom is -0.490 e. The second-order valence-corrected chi connectivity index (χ2v) is 6.75. The van der Waals surface area contributed by atoms with Crippen molar-refractivity contribution in [2.24, 2.45) is 0 Å². The van der Waals surface area contributed by atoms with Gasteiger partial charge in [-0.05, 0) is 22.0 Å². The maximum Gasteiger partial charge on any atom is 0.290 e. The van der Waals surface area contributed by atoms with Crippen molar-refractivity contribution in [3.05, 3.63) is 62.2 Å². The van der Waals surface area contributed by atoms with Crippen LogP contribution in [0.3, 0.4) is 0 Å². The molecule has 1 aliphatic rings. The number of halogens is 1. The van der Waals surface area contributed by atoms with Gasteiger partial charge >= 0.3 is 0 Å². The van der Waals surface area contributed by atoms with Gasteiger partial charge in [0.15, 0.2) is 5.76 Å². The van der Waals surface area contributed by atoms with Crippen molar-refractivity contribution in [2.45, 2.75) is 13.0 Å². The largest absolute Gasteiger partial charge is 0.490 e. The van der Waals surface area contributed by atoms with Gasteiger partial charge in [0.1, 0.15) is 6.26 Å². The normalized spacial score (nSPS) is 13.8. The lowest BCUT2D eigenvalue weighted by Crippen LogP contribution is -2.36. The van der Waals surface area contributed by atoms with Crippen LogP contribution in [0.2, 0.25) is 0 Å². The Kier molecular flexibility index (Phi) is 3.88. The Morgan fingerprint density at radius 1 is 1.40 bits per heavy atom. The number of carbonyl (C=O) groups excluding carboxylic acids is 1. The SMILES string of the molecule is COc1coc(C(=O)N2CCc3[nH]c4c(Br)cccc4c3C2)cc1=O. The van der Waals surface area contributed by atoms with E-state index in [1.165, 1.54) is 19.4 Å². The Labute approximate surface area is 151 Å². The zero-order chi connectivity index (χ0) is 17.6. The number of nitrogens with one attached hydrogen (secondary N) is 1. The molecule has 0 spiro atoms. The van der Waals surface area contributed by atoms with Crippen molar-refractivity contribution < 1.29 is 13.9 Å². The Morgan fingerprint density at radius 3 is 3.00 bits per heavy atom. The van der Waals surface area contributed by atoms with Gasteiger partial charge in [-0.2, -0.15) is 0 Å². The van der Waals surface area contributed by atoms with Gasteiger partial charge in [0.2, 0.25) is 11.2 Å². The van der Waals surface area contributed by atoms with E-state index < -0.39 is 0 Å². The lowest BCUT2D eigenvalue weighted by molar-refractivity contribution is 0.0699. The first-order valence-electron chi connectivity index (χ1n) is 7.82. The Hall–Kier alpha value is -2.54. The molecule has 4 rings (SSSR count). The third kappa shape index (κ3) is 2.64.